The van der Waals surface area contributed by atoms with Crippen LogP contribution in [0.25, 0.3) is 0 Å². The van der Waals surface area contributed by atoms with E-state index in [2.05, 4.69) is 23.8 Å². The Hall–Kier alpha value is -1.56. The van der Waals surface area contributed by atoms with E-state index in [9.17, 15) is 4.79 Å². The smallest absolute Gasteiger partial charge is 0.410 e. The van der Waals surface area contributed by atoms with Crippen LogP contribution < -0.4 is 4.74 Å². The van der Waals surface area contributed by atoms with Crippen molar-refractivity contribution in [3.8, 4) is 5.88 Å². The van der Waals surface area contributed by atoms with E-state index in [0.717, 1.165) is 12.8 Å². The van der Waals surface area contributed by atoms with Crippen LogP contribution >= 0.6 is 11.6 Å². The maximum Gasteiger partial charge on any atom is 0.410 e. The molecule has 7 heteroatoms. The summed E-state index contributed by atoms with van der Waals surface area (Å²) in [4.78, 5) is 22.4. The first kappa shape index (κ1) is 18.8. The first-order valence-electron chi connectivity index (χ1n) is 8.29. The number of hydrogen-bond donors (Lipinski definition) is 0. The lowest BCUT2D eigenvalue weighted by molar-refractivity contribution is -0.0129. The Morgan fingerprint density at radius 1 is 1.38 bits per heavy atom. The second kappa shape index (κ2) is 7.55. The number of carbonyl (C=O) groups is 1. The molecule has 1 aromatic heterocycles. The van der Waals surface area contributed by atoms with Crippen molar-refractivity contribution in [2.45, 2.75) is 65.2 Å². The summed E-state index contributed by atoms with van der Waals surface area (Å²) in [5, 5.41) is 0.305. The van der Waals surface area contributed by atoms with Crippen LogP contribution in [0.15, 0.2) is 12.4 Å². The molecular weight excluding hydrogens is 330 g/mol. The minimum atomic E-state index is -0.498. The van der Waals surface area contributed by atoms with Gasteiger partial charge in [-0.25, -0.2) is 4.79 Å². The molecule has 1 saturated heterocycles. The predicted molar refractivity (Wildman–Crippen MR) is 92.3 cm³/mol. The highest BCUT2D eigenvalue weighted by atomic mass is 35.5. The number of carbonyl (C=O) groups excluding carboxylic acids is 1. The van der Waals surface area contributed by atoms with Crippen molar-refractivity contribution < 1.29 is 14.3 Å². The molecule has 0 saturated carbocycles. The van der Waals surface area contributed by atoms with Crippen molar-refractivity contribution in [2.24, 2.45) is 5.92 Å². The van der Waals surface area contributed by atoms with Gasteiger partial charge in [-0.3, -0.25) is 4.98 Å². The molecule has 134 valence electrons. The number of halogens is 1. The van der Waals surface area contributed by atoms with Crippen LogP contribution in [-0.2, 0) is 4.74 Å². The maximum atomic E-state index is 12.5. The number of likely N-dealkylation sites (tertiary alicyclic amines) is 1. The molecule has 2 heterocycles. The summed E-state index contributed by atoms with van der Waals surface area (Å²) < 4.78 is 11.4. The molecule has 0 radical (unpaired) electrons. The third-order valence-corrected chi connectivity index (χ3v) is 4.05. The van der Waals surface area contributed by atoms with Gasteiger partial charge in [0.15, 0.2) is 5.15 Å². The molecule has 2 rings (SSSR count). The molecule has 0 spiro atoms. The number of aromatic nitrogens is 2. The monoisotopic (exact) mass is 355 g/mol. The van der Waals surface area contributed by atoms with Gasteiger partial charge in [-0.15, -0.1) is 0 Å². The van der Waals surface area contributed by atoms with Crippen molar-refractivity contribution in [2.75, 3.05) is 6.54 Å². The summed E-state index contributed by atoms with van der Waals surface area (Å²) in [5.41, 5.74) is -0.498. The summed E-state index contributed by atoms with van der Waals surface area (Å²) in [7, 11) is 0. The Balaban J connectivity index is 2.03. The van der Waals surface area contributed by atoms with Crippen LogP contribution in [0, 0.1) is 5.92 Å². The van der Waals surface area contributed by atoms with Crippen LogP contribution in [0.5, 0.6) is 5.88 Å². The van der Waals surface area contributed by atoms with Gasteiger partial charge in [0.05, 0.1) is 12.4 Å². The fourth-order valence-electron chi connectivity index (χ4n) is 2.80. The van der Waals surface area contributed by atoms with E-state index in [-0.39, 0.29) is 18.2 Å². The Kier molecular flexibility index (Phi) is 5.91. The van der Waals surface area contributed by atoms with Crippen LogP contribution in [0.4, 0.5) is 4.79 Å². The lowest BCUT2D eigenvalue weighted by Gasteiger charge is -2.41. The maximum absolute atomic E-state index is 12.5. The first-order valence-corrected chi connectivity index (χ1v) is 8.67. The third kappa shape index (κ3) is 5.23. The molecule has 1 aliphatic rings. The van der Waals surface area contributed by atoms with Gasteiger partial charge < -0.3 is 14.4 Å². The highest BCUT2D eigenvalue weighted by Gasteiger charge is 2.36. The number of piperidine rings is 1. The van der Waals surface area contributed by atoms with Gasteiger partial charge in [0, 0.05) is 25.4 Å². The highest BCUT2D eigenvalue weighted by Crippen LogP contribution is 2.28. The lowest BCUT2D eigenvalue weighted by Crippen LogP contribution is -2.52. The molecule has 0 aliphatic carbocycles. The zero-order valence-electron chi connectivity index (χ0n) is 15.0. The summed E-state index contributed by atoms with van der Waals surface area (Å²) in [6, 6.07) is 0.0609. The zero-order chi connectivity index (χ0) is 17.9. The first-order chi connectivity index (χ1) is 11.2. The quantitative estimate of drug-likeness (QED) is 0.821. The van der Waals surface area contributed by atoms with Crippen molar-refractivity contribution in [1.29, 1.82) is 0 Å². The van der Waals surface area contributed by atoms with Crippen LogP contribution in [0.1, 0.15) is 47.5 Å². The van der Waals surface area contributed by atoms with Crippen molar-refractivity contribution in [3.63, 3.8) is 0 Å². The molecular formula is C17H26ClN3O3. The van der Waals surface area contributed by atoms with E-state index >= 15 is 0 Å². The SMILES string of the molecule is CC(C)[C@H]1C[C@@H](Oc2cncc(Cl)n2)CCN1C(=O)OC(C)(C)C. The van der Waals surface area contributed by atoms with Crippen molar-refractivity contribution in [1.82, 2.24) is 14.9 Å². The molecule has 24 heavy (non-hydrogen) atoms. The molecule has 1 fully saturated rings. The lowest BCUT2D eigenvalue weighted by atomic mass is 9.91. The number of amides is 1. The van der Waals surface area contributed by atoms with E-state index in [4.69, 9.17) is 21.1 Å². The summed E-state index contributed by atoms with van der Waals surface area (Å²) >= 11 is 5.84. The van der Waals surface area contributed by atoms with Gasteiger partial charge in [0.25, 0.3) is 0 Å². The summed E-state index contributed by atoms with van der Waals surface area (Å²) in [5.74, 6) is 0.718. The zero-order valence-corrected chi connectivity index (χ0v) is 15.7. The predicted octanol–water partition coefficient (Wildman–Crippen LogP) is 3.93. The fourth-order valence-corrected chi connectivity index (χ4v) is 2.94. The van der Waals surface area contributed by atoms with Gasteiger partial charge in [0.2, 0.25) is 5.88 Å². The molecule has 2 atom stereocenters. The Morgan fingerprint density at radius 3 is 2.67 bits per heavy atom. The third-order valence-electron chi connectivity index (χ3n) is 3.86. The second-order valence-corrected chi connectivity index (χ2v) is 7.82. The van der Waals surface area contributed by atoms with E-state index in [1.54, 1.807) is 6.20 Å². The molecule has 1 amide bonds. The van der Waals surface area contributed by atoms with E-state index < -0.39 is 5.60 Å². The largest absolute Gasteiger partial charge is 0.473 e. The summed E-state index contributed by atoms with van der Waals surface area (Å²) in [6.45, 7) is 10.4. The Labute approximate surface area is 148 Å². The van der Waals surface area contributed by atoms with Gasteiger partial charge in [0.1, 0.15) is 11.7 Å². The molecule has 6 nitrogen and oxygen atoms in total. The highest BCUT2D eigenvalue weighted by molar-refractivity contribution is 6.29. The fraction of sp³-hybridized carbons (Fsp3) is 0.706. The van der Waals surface area contributed by atoms with Crippen LogP contribution in [0.3, 0.4) is 0 Å². The summed E-state index contributed by atoms with van der Waals surface area (Å²) in [6.07, 6.45) is 4.18. The van der Waals surface area contributed by atoms with E-state index in [1.165, 1.54) is 6.20 Å². The van der Waals surface area contributed by atoms with Crippen LogP contribution in [0.2, 0.25) is 5.15 Å². The molecule has 0 unspecified atom stereocenters. The van der Waals surface area contributed by atoms with Crippen LogP contribution in [-0.4, -0.2) is 45.3 Å². The van der Waals surface area contributed by atoms with Crippen molar-refractivity contribution in [3.05, 3.63) is 17.5 Å². The molecule has 0 aromatic carbocycles. The van der Waals surface area contributed by atoms with Gasteiger partial charge >= 0.3 is 6.09 Å². The van der Waals surface area contributed by atoms with Crippen molar-refractivity contribution >= 4 is 17.7 Å². The normalized spacial score (nSPS) is 21.7. The average Bonchev–Trinajstić information content (AvgIpc) is 2.45. The molecule has 1 aliphatic heterocycles. The number of nitrogens with zero attached hydrogens (tertiary/aromatic N) is 3. The van der Waals surface area contributed by atoms with Gasteiger partial charge in [-0.1, -0.05) is 25.4 Å². The average molecular weight is 356 g/mol. The minimum absolute atomic E-state index is 0.0242. The minimum Gasteiger partial charge on any atom is -0.473 e. The van der Waals surface area contributed by atoms with E-state index in [1.807, 2.05) is 25.7 Å². The van der Waals surface area contributed by atoms with Gasteiger partial charge in [-0.05, 0) is 26.7 Å². The number of ether oxygens (including phenoxy) is 2. The number of rotatable bonds is 3. The standard InChI is InChI=1S/C17H26ClN3O3/c1-11(2)13-8-12(23-15-10-19-9-14(18)20-15)6-7-21(13)16(22)24-17(3,4)5/h9-13H,6-8H2,1-5H3/t12-,13+/m0/s1. The topological polar surface area (TPSA) is 64.6 Å². The number of hydrogen-bond acceptors (Lipinski definition) is 5. The molecule has 0 N–H and O–H groups in total. The Bertz CT molecular complexity index is 574. The molecule has 0 bridgehead atoms. The molecule has 1 aromatic rings. The van der Waals surface area contributed by atoms with E-state index in [0.29, 0.717) is 23.5 Å². The second-order valence-electron chi connectivity index (χ2n) is 7.43. The van der Waals surface area contributed by atoms with Gasteiger partial charge in [-0.2, -0.15) is 4.98 Å². The Morgan fingerprint density at radius 2 is 2.08 bits per heavy atom.